The lowest BCUT2D eigenvalue weighted by Gasteiger charge is -2.32. The molecule has 1 atom stereocenters. The zero-order chi connectivity index (χ0) is 32.6. The predicted octanol–water partition coefficient (Wildman–Crippen LogP) is 2.62. The molecule has 1 unspecified atom stereocenters. The Morgan fingerprint density at radius 2 is 1.80 bits per heavy atom. The van der Waals surface area contributed by atoms with E-state index >= 15 is 0 Å². The molecule has 5 rings (SSSR count). The third kappa shape index (κ3) is 8.35. The summed E-state index contributed by atoms with van der Waals surface area (Å²) in [5, 5.41) is 20.5. The summed E-state index contributed by atoms with van der Waals surface area (Å²) in [5.41, 5.74) is 0.385. The molecule has 46 heavy (non-hydrogen) atoms. The van der Waals surface area contributed by atoms with Crippen LogP contribution in [0.25, 0.3) is 11.0 Å². The van der Waals surface area contributed by atoms with Crippen molar-refractivity contribution in [1.82, 2.24) is 35.4 Å². The lowest BCUT2D eigenvalue weighted by Crippen LogP contribution is -2.45. The van der Waals surface area contributed by atoms with Gasteiger partial charge in [0, 0.05) is 63.0 Å². The molecule has 1 aliphatic rings. The van der Waals surface area contributed by atoms with Crippen LogP contribution in [0.15, 0.2) is 65.6 Å². The molecule has 1 fully saturated rings. The minimum absolute atomic E-state index is 0.0646. The molecule has 1 aliphatic heterocycles. The number of halogens is 1. The average Bonchev–Trinajstić information content (AvgIpc) is 3.04. The molecule has 0 saturated carbocycles. The highest BCUT2D eigenvalue weighted by atomic mass is 35.5. The Kier molecular flexibility index (Phi) is 10.4. The number of anilines is 2. The molecule has 2 aromatic carbocycles. The van der Waals surface area contributed by atoms with Crippen molar-refractivity contribution in [2.45, 2.75) is 6.04 Å². The van der Waals surface area contributed by atoms with E-state index in [1.807, 2.05) is 0 Å². The predicted molar refractivity (Wildman–Crippen MR) is 175 cm³/mol. The van der Waals surface area contributed by atoms with Crippen LogP contribution in [0.2, 0.25) is 5.02 Å². The minimum Gasteiger partial charge on any atom is -0.465 e. The molecular formula is C31H34ClN9O5. The molecular weight excluding hydrogens is 614 g/mol. The molecule has 6 N–H and O–H groups in total. The lowest BCUT2D eigenvalue weighted by atomic mass is 10.1. The number of aromatic amines is 1. The van der Waals surface area contributed by atoms with Crippen LogP contribution in [0.3, 0.4) is 0 Å². The van der Waals surface area contributed by atoms with Gasteiger partial charge in [0.05, 0.1) is 16.8 Å². The summed E-state index contributed by atoms with van der Waals surface area (Å²) in [6.45, 7) is 5.47. The number of nitrogens with zero attached hydrogens (tertiary/aromatic N) is 4. The standard InChI is InChI=1S/C31H34ClN9O5/c1-40-11-13-41(14-12-40)10-9-33-30-34-17-21-15-22(29(44)38-26(21)39-30)28(43)36-24-16-20(7-8-23(24)32)27(42)37-25(18-35-31(45)46)19-5-3-2-4-6-19/h2-8,15-17,25,35H,9-14,18H2,1H3,(H,36,43)(H,37,42)(H,45,46)(H2,33,34,38,39,44). The number of benzene rings is 2. The summed E-state index contributed by atoms with van der Waals surface area (Å²) in [6, 6.07) is 13.9. The number of fused-ring (bicyclic) bond motifs is 1. The summed E-state index contributed by atoms with van der Waals surface area (Å²) in [4.78, 5) is 66.3. The Labute approximate surface area is 269 Å². The number of rotatable bonds is 11. The number of carbonyl (C=O) groups excluding carboxylic acids is 2. The maximum Gasteiger partial charge on any atom is 0.404 e. The van der Waals surface area contributed by atoms with Gasteiger partial charge in [0.1, 0.15) is 11.2 Å². The van der Waals surface area contributed by atoms with Crippen molar-refractivity contribution in [1.29, 1.82) is 0 Å². The zero-order valence-corrected chi connectivity index (χ0v) is 25.8. The maximum atomic E-state index is 13.2. The topological polar surface area (TPSA) is 185 Å². The molecule has 0 bridgehead atoms. The van der Waals surface area contributed by atoms with Crippen LogP contribution in [0.1, 0.15) is 32.3 Å². The first-order chi connectivity index (χ1) is 22.2. The van der Waals surface area contributed by atoms with Crippen molar-refractivity contribution in [3.63, 3.8) is 0 Å². The Bertz CT molecular complexity index is 1780. The fourth-order valence-corrected chi connectivity index (χ4v) is 5.13. The van der Waals surface area contributed by atoms with Crippen molar-refractivity contribution >= 4 is 52.2 Å². The van der Waals surface area contributed by atoms with Crippen molar-refractivity contribution in [2.24, 2.45) is 0 Å². The van der Waals surface area contributed by atoms with E-state index in [2.05, 4.69) is 53.1 Å². The van der Waals surface area contributed by atoms with Gasteiger partial charge in [-0.2, -0.15) is 4.98 Å². The van der Waals surface area contributed by atoms with Crippen molar-refractivity contribution in [3.8, 4) is 0 Å². The van der Waals surface area contributed by atoms with Crippen LogP contribution in [0, 0.1) is 0 Å². The second-order valence-corrected chi connectivity index (χ2v) is 11.3. The van der Waals surface area contributed by atoms with Crippen molar-refractivity contribution in [3.05, 3.63) is 92.9 Å². The van der Waals surface area contributed by atoms with E-state index in [0.29, 0.717) is 23.4 Å². The number of carboxylic acid groups (broad SMARTS) is 1. The largest absolute Gasteiger partial charge is 0.465 e. The number of nitrogens with one attached hydrogen (secondary N) is 5. The Hall–Kier alpha value is -5.05. The van der Waals surface area contributed by atoms with Gasteiger partial charge in [-0.3, -0.25) is 19.3 Å². The fraction of sp³-hybridized carbons (Fsp3) is 0.290. The van der Waals surface area contributed by atoms with E-state index in [4.69, 9.17) is 16.7 Å². The molecule has 14 nitrogen and oxygen atoms in total. The second kappa shape index (κ2) is 14.8. The average molecular weight is 648 g/mol. The van der Waals surface area contributed by atoms with Crippen LogP contribution < -0.4 is 26.8 Å². The Morgan fingerprint density at radius 3 is 2.54 bits per heavy atom. The molecule has 0 radical (unpaired) electrons. The second-order valence-electron chi connectivity index (χ2n) is 10.9. The first-order valence-corrected chi connectivity index (χ1v) is 15.0. The van der Waals surface area contributed by atoms with Gasteiger partial charge in [-0.05, 0) is 36.9 Å². The van der Waals surface area contributed by atoms with Gasteiger partial charge in [-0.25, -0.2) is 9.78 Å². The van der Waals surface area contributed by atoms with Crippen LogP contribution in [0.4, 0.5) is 16.4 Å². The summed E-state index contributed by atoms with van der Waals surface area (Å²) >= 11 is 6.33. The SMILES string of the molecule is CN1CCN(CCNc2ncc3cc(C(=O)Nc4cc(C(=O)NC(CNC(=O)O)c5ccccc5)ccc4Cl)c(=O)[nH]c3n2)CC1. The van der Waals surface area contributed by atoms with Gasteiger partial charge in [-0.15, -0.1) is 0 Å². The van der Waals surface area contributed by atoms with Gasteiger partial charge < -0.3 is 36.3 Å². The Morgan fingerprint density at radius 1 is 1.04 bits per heavy atom. The molecule has 0 aliphatic carbocycles. The first-order valence-electron chi connectivity index (χ1n) is 14.6. The van der Waals surface area contributed by atoms with E-state index in [9.17, 15) is 19.2 Å². The van der Waals surface area contributed by atoms with E-state index < -0.39 is 29.5 Å². The summed E-state index contributed by atoms with van der Waals surface area (Å²) in [5.74, 6) is -0.906. The summed E-state index contributed by atoms with van der Waals surface area (Å²) in [6.07, 6.45) is 0.295. The number of aromatic nitrogens is 3. The van der Waals surface area contributed by atoms with Gasteiger partial charge in [0.2, 0.25) is 5.95 Å². The summed E-state index contributed by atoms with van der Waals surface area (Å²) < 4.78 is 0. The number of hydrogen-bond acceptors (Lipinski definition) is 9. The van der Waals surface area contributed by atoms with Crippen molar-refractivity contribution in [2.75, 3.05) is 63.5 Å². The monoisotopic (exact) mass is 647 g/mol. The normalized spacial score (nSPS) is 14.4. The molecule has 15 heteroatoms. The molecule has 3 heterocycles. The van der Waals surface area contributed by atoms with Gasteiger partial charge in [0.25, 0.3) is 17.4 Å². The quantitative estimate of drug-likeness (QED) is 0.141. The maximum absolute atomic E-state index is 13.2. The number of H-pyrrole nitrogens is 1. The third-order valence-corrected chi connectivity index (χ3v) is 7.92. The van der Waals surface area contributed by atoms with E-state index in [1.165, 1.54) is 30.5 Å². The van der Waals surface area contributed by atoms with E-state index in [0.717, 1.165) is 32.7 Å². The molecule has 2 aromatic heterocycles. The van der Waals surface area contributed by atoms with E-state index in [1.54, 1.807) is 30.3 Å². The molecule has 0 spiro atoms. The molecule has 4 aromatic rings. The van der Waals surface area contributed by atoms with Gasteiger partial charge in [-0.1, -0.05) is 41.9 Å². The first kappa shape index (κ1) is 32.3. The minimum atomic E-state index is -1.23. The number of pyridine rings is 1. The van der Waals surface area contributed by atoms with Crippen LogP contribution >= 0.6 is 11.6 Å². The lowest BCUT2D eigenvalue weighted by molar-refractivity contribution is 0.0934. The molecule has 1 saturated heterocycles. The van der Waals surface area contributed by atoms with Crippen LogP contribution in [0.5, 0.6) is 0 Å². The van der Waals surface area contributed by atoms with Crippen LogP contribution in [-0.4, -0.2) is 101 Å². The molecule has 3 amide bonds. The molecule has 240 valence electrons. The fourth-order valence-electron chi connectivity index (χ4n) is 4.96. The number of likely N-dealkylation sites (N-methyl/N-ethyl adjacent to an activating group) is 1. The number of carbonyl (C=O) groups is 3. The number of hydrogen-bond donors (Lipinski definition) is 6. The zero-order valence-electron chi connectivity index (χ0n) is 25.0. The van der Waals surface area contributed by atoms with E-state index in [-0.39, 0.29) is 34.0 Å². The Balaban J connectivity index is 1.25. The summed E-state index contributed by atoms with van der Waals surface area (Å²) in [7, 11) is 2.11. The highest BCUT2D eigenvalue weighted by molar-refractivity contribution is 6.34. The smallest absolute Gasteiger partial charge is 0.404 e. The van der Waals surface area contributed by atoms with Gasteiger partial charge in [0.15, 0.2) is 0 Å². The number of piperazine rings is 1. The van der Waals surface area contributed by atoms with Crippen LogP contribution in [-0.2, 0) is 0 Å². The van der Waals surface area contributed by atoms with Crippen molar-refractivity contribution < 1.29 is 19.5 Å². The number of amides is 3. The highest BCUT2D eigenvalue weighted by Crippen LogP contribution is 2.24. The van der Waals surface area contributed by atoms with Gasteiger partial charge >= 0.3 is 6.09 Å². The third-order valence-electron chi connectivity index (χ3n) is 7.59. The highest BCUT2D eigenvalue weighted by Gasteiger charge is 2.20.